The lowest BCUT2D eigenvalue weighted by Crippen LogP contribution is -2.20. The molecule has 8 nitrogen and oxygen atoms in total. The van der Waals surface area contributed by atoms with Crippen molar-refractivity contribution in [3.63, 3.8) is 0 Å². The molecule has 0 spiro atoms. The van der Waals surface area contributed by atoms with Gasteiger partial charge in [0.2, 0.25) is 0 Å². The molecule has 0 atom stereocenters. The lowest BCUT2D eigenvalue weighted by atomic mass is 10.1. The Bertz CT molecular complexity index is 1990. The fraction of sp³-hybridized carbons (Fsp3) is 0.0968. The number of carbonyl (C=O) groups is 1. The van der Waals surface area contributed by atoms with Crippen LogP contribution in [-0.2, 0) is 12.8 Å². The predicted molar refractivity (Wildman–Crippen MR) is 166 cm³/mol. The van der Waals surface area contributed by atoms with Crippen molar-refractivity contribution in [3.05, 3.63) is 120 Å². The molecule has 0 bridgehead atoms. The fourth-order valence-electron chi connectivity index (χ4n) is 4.31. The molecule has 0 amide bonds. The van der Waals surface area contributed by atoms with E-state index in [0.29, 0.717) is 31.3 Å². The van der Waals surface area contributed by atoms with Crippen molar-refractivity contribution in [3.8, 4) is 22.9 Å². The van der Waals surface area contributed by atoms with Crippen LogP contribution in [0, 0.1) is 0 Å². The molecule has 44 heavy (non-hydrogen) atoms. The fourth-order valence-corrected chi connectivity index (χ4v) is 5.24. The smallest absolute Gasteiger partial charge is 0.416 e. The molecular weight excluding hydrogens is 711 g/mol. The first-order valence-electron chi connectivity index (χ1n) is 12.7. The molecule has 0 saturated carbocycles. The van der Waals surface area contributed by atoms with E-state index in [9.17, 15) is 27.9 Å². The van der Waals surface area contributed by atoms with Gasteiger partial charge in [-0.1, -0.05) is 36.4 Å². The lowest BCUT2D eigenvalue weighted by molar-refractivity contribution is -0.137. The summed E-state index contributed by atoms with van der Waals surface area (Å²) in [6.07, 6.45) is -3.26. The second kappa shape index (κ2) is 12.6. The first-order valence-corrected chi connectivity index (χ1v) is 14.3. The van der Waals surface area contributed by atoms with E-state index in [1.807, 2.05) is 0 Å². The molecule has 1 N–H and O–H groups in total. The van der Waals surface area contributed by atoms with Crippen molar-refractivity contribution in [1.29, 1.82) is 0 Å². The minimum atomic E-state index is -4.60. The van der Waals surface area contributed by atoms with Gasteiger partial charge in [-0.05, 0) is 79.9 Å². The van der Waals surface area contributed by atoms with E-state index in [4.69, 9.17) is 9.47 Å². The van der Waals surface area contributed by atoms with Crippen LogP contribution in [0.5, 0.6) is 11.5 Å². The van der Waals surface area contributed by atoms with Crippen molar-refractivity contribution < 1.29 is 32.5 Å². The average Bonchev–Trinajstić information content (AvgIpc) is 3.01. The third kappa shape index (κ3) is 6.38. The Kier molecular flexibility index (Phi) is 8.88. The molecule has 1 heterocycles. The molecule has 0 aliphatic carbocycles. The molecule has 224 valence electrons. The topological polar surface area (TPSA) is 103 Å². The summed E-state index contributed by atoms with van der Waals surface area (Å²) in [4.78, 5) is 29.3. The monoisotopic (exact) mass is 729 g/mol. The van der Waals surface area contributed by atoms with Crippen LogP contribution in [0.15, 0.2) is 97.7 Å². The van der Waals surface area contributed by atoms with Gasteiger partial charge in [0.05, 0.1) is 39.8 Å². The standard InChI is InChI=1S/C31H20Br2F3N3O5/c1-43-24-14-20(25(32)26(33)27(24)44-16-17-6-4-8-19(12-17)30(41)42)15-37-39-28(18-7-5-9-21(13-18)31(34,35)36)38-23-11-3-2-10-22(23)29(39)40/h2-15H,16H2,1H3,(H,41,42). The van der Waals surface area contributed by atoms with Gasteiger partial charge in [-0.2, -0.15) is 22.9 Å². The minimum absolute atomic E-state index is 0.0362. The number of ether oxygens (including phenoxy) is 2. The van der Waals surface area contributed by atoms with Crippen LogP contribution < -0.4 is 15.0 Å². The number of para-hydroxylation sites is 1. The second-order valence-electron chi connectivity index (χ2n) is 9.31. The van der Waals surface area contributed by atoms with E-state index < -0.39 is 23.3 Å². The van der Waals surface area contributed by atoms with Crippen molar-refractivity contribution in [2.24, 2.45) is 5.10 Å². The van der Waals surface area contributed by atoms with E-state index in [-0.39, 0.29) is 34.7 Å². The summed E-state index contributed by atoms with van der Waals surface area (Å²) in [6.45, 7) is 0.0362. The maximum absolute atomic E-state index is 13.5. The Labute approximate surface area is 264 Å². The second-order valence-corrected chi connectivity index (χ2v) is 10.9. The number of nitrogens with zero attached hydrogens (tertiary/aromatic N) is 3. The molecule has 4 aromatic carbocycles. The molecule has 5 aromatic rings. The number of aromatic nitrogens is 2. The zero-order valence-electron chi connectivity index (χ0n) is 22.6. The van der Waals surface area contributed by atoms with Crippen LogP contribution in [-0.4, -0.2) is 34.1 Å². The number of hydrogen-bond donors (Lipinski definition) is 1. The highest BCUT2D eigenvalue weighted by Crippen LogP contribution is 2.42. The van der Waals surface area contributed by atoms with E-state index >= 15 is 0 Å². The van der Waals surface area contributed by atoms with E-state index in [1.54, 1.807) is 42.5 Å². The van der Waals surface area contributed by atoms with Gasteiger partial charge in [-0.25, -0.2) is 9.78 Å². The number of hydrogen-bond acceptors (Lipinski definition) is 6. The summed E-state index contributed by atoms with van der Waals surface area (Å²) < 4.78 is 53.8. The third-order valence-corrected chi connectivity index (χ3v) is 8.59. The summed E-state index contributed by atoms with van der Waals surface area (Å²) in [5, 5.41) is 13.8. The summed E-state index contributed by atoms with van der Waals surface area (Å²) >= 11 is 6.99. The molecule has 13 heteroatoms. The number of benzene rings is 4. The number of fused-ring (bicyclic) bond motifs is 1. The number of halogens is 5. The van der Waals surface area contributed by atoms with Gasteiger partial charge in [-0.15, -0.1) is 0 Å². The highest BCUT2D eigenvalue weighted by molar-refractivity contribution is 9.13. The maximum Gasteiger partial charge on any atom is 0.416 e. The highest BCUT2D eigenvalue weighted by Gasteiger charge is 2.31. The summed E-state index contributed by atoms with van der Waals surface area (Å²) in [6, 6.07) is 18.9. The third-order valence-electron chi connectivity index (χ3n) is 6.45. The number of alkyl halides is 3. The van der Waals surface area contributed by atoms with Crippen LogP contribution in [0.3, 0.4) is 0 Å². The number of aromatic carboxylic acids is 1. The molecule has 0 fully saturated rings. The van der Waals surface area contributed by atoms with Crippen LogP contribution >= 0.6 is 31.9 Å². The molecule has 0 saturated heterocycles. The Balaban J connectivity index is 1.56. The van der Waals surface area contributed by atoms with Gasteiger partial charge in [0.25, 0.3) is 5.56 Å². The van der Waals surface area contributed by atoms with Gasteiger partial charge < -0.3 is 14.6 Å². The molecular formula is C31H20Br2F3N3O5. The molecule has 0 aliphatic rings. The zero-order chi connectivity index (χ0) is 31.6. The Morgan fingerprint density at radius 3 is 2.50 bits per heavy atom. The van der Waals surface area contributed by atoms with E-state index in [1.165, 1.54) is 37.6 Å². The summed E-state index contributed by atoms with van der Waals surface area (Å²) in [5.41, 5.74) is 0.0491. The average molecular weight is 731 g/mol. The number of carboxylic acids is 1. The van der Waals surface area contributed by atoms with Gasteiger partial charge >= 0.3 is 12.1 Å². The van der Waals surface area contributed by atoms with Crippen molar-refractivity contribution >= 4 is 54.9 Å². The van der Waals surface area contributed by atoms with Crippen LogP contribution in [0.2, 0.25) is 0 Å². The quantitative estimate of drug-likeness (QED) is 0.164. The Morgan fingerprint density at radius 1 is 1.02 bits per heavy atom. The maximum atomic E-state index is 13.5. The Hall–Kier alpha value is -4.49. The van der Waals surface area contributed by atoms with E-state index in [0.717, 1.165) is 16.8 Å². The van der Waals surface area contributed by atoms with Gasteiger partial charge in [0.1, 0.15) is 6.61 Å². The number of rotatable bonds is 8. The van der Waals surface area contributed by atoms with Crippen LogP contribution in [0.1, 0.15) is 27.0 Å². The minimum Gasteiger partial charge on any atom is -0.493 e. The summed E-state index contributed by atoms with van der Waals surface area (Å²) in [7, 11) is 1.43. The van der Waals surface area contributed by atoms with Gasteiger partial charge in [0.15, 0.2) is 17.3 Å². The van der Waals surface area contributed by atoms with Crippen LogP contribution in [0.25, 0.3) is 22.3 Å². The van der Waals surface area contributed by atoms with Gasteiger partial charge in [0, 0.05) is 15.6 Å². The zero-order valence-corrected chi connectivity index (χ0v) is 25.8. The first-order chi connectivity index (χ1) is 21.0. The predicted octanol–water partition coefficient (Wildman–Crippen LogP) is 7.78. The Morgan fingerprint density at radius 2 is 1.77 bits per heavy atom. The van der Waals surface area contributed by atoms with E-state index in [2.05, 4.69) is 41.9 Å². The SMILES string of the molecule is COc1cc(C=Nn2c(-c3cccc(C(F)(F)F)c3)nc3ccccc3c2=O)c(Br)c(Br)c1OCc1cccc(C(=O)O)c1. The van der Waals surface area contributed by atoms with Crippen molar-refractivity contribution in [2.75, 3.05) is 7.11 Å². The first kappa shape index (κ1) is 31.0. The largest absolute Gasteiger partial charge is 0.493 e. The van der Waals surface area contributed by atoms with Gasteiger partial charge in [-0.3, -0.25) is 4.79 Å². The summed E-state index contributed by atoms with van der Waals surface area (Å²) in [5.74, 6) is -0.542. The molecule has 0 radical (unpaired) electrons. The molecule has 5 rings (SSSR count). The number of methoxy groups -OCH3 is 1. The number of carboxylic acid groups (broad SMARTS) is 1. The highest BCUT2D eigenvalue weighted by atomic mass is 79.9. The van der Waals surface area contributed by atoms with Crippen molar-refractivity contribution in [1.82, 2.24) is 9.66 Å². The molecule has 1 aromatic heterocycles. The van der Waals surface area contributed by atoms with Crippen LogP contribution in [0.4, 0.5) is 13.2 Å². The molecule has 0 unspecified atom stereocenters. The lowest BCUT2D eigenvalue weighted by Gasteiger charge is -2.16. The normalized spacial score (nSPS) is 11.7. The molecule has 0 aliphatic heterocycles. The van der Waals surface area contributed by atoms with Crippen molar-refractivity contribution in [2.45, 2.75) is 12.8 Å².